The number of aliphatic hydroxyl groups is 5. The van der Waals surface area contributed by atoms with Crippen LogP contribution in [0.4, 0.5) is 0 Å². The van der Waals surface area contributed by atoms with E-state index in [1.54, 1.807) is 0 Å². The van der Waals surface area contributed by atoms with Gasteiger partial charge in [0.2, 0.25) is 0 Å². The Morgan fingerprint density at radius 3 is 1.26 bits per heavy atom. The highest BCUT2D eigenvalue weighted by Gasteiger charge is 2.51. The van der Waals surface area contributed by atoms with Gasteiger partial charge in [0.25, 0.3) is 0 Å². The van der Waals surface area contributed by atoms with Gasteiger partial charge in [-0.25, -0.2) is 4.57 Å². The first-order valence-corrected chi connectivity index (χ1v) is 28.6. The van der Waals surface area contributed by atoms with Crippen LogP contribution in [-0.2, 0) is 32.7 Å². The lowest BCUT2D eigenvalue weighted by Gasteiger charge is -2.41. The largest absolute Gasteiger partial charge is 0.472 e. The quantitative estimate of drug-likeness (QED) is 0.0145. The first kappa shape index (κ1) is 64.6. The third kappa shape index (κ3) is 36.2. The number of allylic oxidation sites excluding steroid dienone is 10. The van der Waals surface area contributed by atoms with E-state index >= 15 is 0 Å². The number of phosphoric ester groups is 1. The summed E-state index contributed by atoms with van der Waals surface area (Å²) in [5, 5.41) is 50.3. The number of carbonyl (C=O) groups excluding carboxylic acids is 2. The molecule has 0 bridgehead atoms. The minimum absolute atomic E-state index is 0.0905. The van der Waals surface area contributed by atoms with Gasteiger partial charge in [0, 0.05) is 12.8 Å². The van der Waals surface area contributed by atoms with Gasteiger partial charge >= 0.3 is 19.8 Å². The standard InChI is InChI=1S/C55H97O13P/c1-3-5-7-9-11-13-15-17-19-21-23-24-26-28-30-32-34-36-38-40-42-44-49(57)67-47(46-66-69(63,64)68-55-53(61)51(59)50(58)52(60)54(55)62)45-65-48(56)43-41-39-37-35-33-31-29-27-25-22-20-18-16-14-12-10-8-6-4-2/h6,8,12,14,18,20,25,27,31,33,47,50-55,58-62H,3-5,7,9-11,13,15-17,19,21-24,26,28-30,32,34-46H2,1-2H3,(H,63,64)/b8-6+,14-12+,20-18+,27-25+,33-31+/t47-,50?,51-,52?,53?,54?,55?/m1/s1. The van der Waals surface area contributed by atoms with Crippen molar-refractivity contribution in [3.63, 3.8) is 0 Å². The molecule has 1 aliphatic carbocycles. The normalized spacial score (nSPS) is 21.3. The molecular weight excluding hydrogens is 900 g/mol. The number of unbranched alkanes of at least 4 members (excludes halogenated alkanes) is 23. The van der Waals surface area contributed by atoms with E-state index in [-0.39, 0.29) is 12.8 Å². The van der Waals surface area contributed by atoms with E-state index in [4.69, 9.17) is 18.5 Å². The molecule has 6 unspecified atom stereocenters. The van der Waals surface area contributed by atoms with Gasteiger partial charge in [-0.1, -0.05) is 209 Å². The SMILES string of the molecule is CC/C=C/C/C=C/C/C=C/C/C=C/C/C=C/CCCCCC(=O)OC[C@H](COP(=O)(O)OC1C(O)C(O)C(O)[C@@H](O)C1O)OC(=O)CCCCCCCCCCCCCCCCCCCCCCC. The molecule has 1 aliphatic rings. The lowest BCUT2D eigenvalue weighted by atomic mass is 9.85. The number of rotatable bonds is 45. The molecule has 69 heavy (non-hydrogen) atoms. The van der Waals surface area contributed by atoms with Crippen molar-refractivity contribution in [1.82, 2.24) is 0 Å². The molecule has 400 valence electrons. The summed E-state index contributed by atoms with van der Waals surface area (Å²) in [6.07, 6.45) is 42.7. The maximum atomic E-state index is 12.9. The van der Waals surface area contributed by atoms with Gasteiger partial charge in [0.1, 0.15) is 43.2 Å². The zero-order valence-corrected chi connectivity index (χ0v) is 43.7. The second-order valence-electron chi connectivity index (χ2n) is 18.7. The molecule has 0 aliphatic heterocycles. The Labute approximate surface area is 417 Å². The van der Waals surface area contributed by atoms with E-state index in [2.05, 4.69) is 74.6 Å². The van der Waals surface area contributed by atoms with Crippen LogP contribution in [0.1, 0.15) is 219 Å². The topological polar surface area (TPSA) is 210 Å². The van der Waals surface area contributed by atoms with Crippen molar-refractivity contribution in [3.8, 4) is 0 Å². The molecule has 0 aromatic rings. The molecule has 0 amide bonds. The summed E-state index contributed by atoms with van der Waals surface area (Å²) in [7, 11) is -5.13. The van der Waals surface area contributed by atoms with E-state index in [1.165, 1.54) is 103 Å². The fourth-order valence-corrected chi connectivity index (χ4v) is 9.05. The lowest BCUT2D eigenvalue weighted by Crippen LogP contribution is -2.64. The highest BCUT2D eigenvalue weighted by Crippen LogP contribution is 2.47. The van der Waals surface area contributed by atoms with Crippen LogP contribution in [0, 0.1) is 0 Å². The van der Waals surface area contributed by atoms with Crippen molar-refractivity contribution in [2.24, 2.45) is 0 Å². The second kappa shape index (κ2) is 44.3. The van der Waals surface area contributed by atoms with Crippen LogP contribution in [0.5, 0.6) is 0 Å². The number of phosphoric acid groups is 1. The van der Waals surface area contributed by atoms with Gasteiger partial charge in [-0.05, 0) is 57.8 Å². The van der Waals surface area contributed by atoms with Crippen LogP contribution in [0.2, 0.25) is 0 Å². The van der Waals surface area contributed by atoms with Gasteiger partial charge in [0.15, 0.2) is 6.10 Å². The molecule has 8 atom stereocenters. The summed E-state index contributed by atoms with van der Waals surface area (Å²) in [4.78, 5) is 35.9. The summed E-state index contributed by atoms with van der Waals surface area (Å²) in [5.41, 5.74) is 0. The minimum Gasteiger partial charge on any atom is -0.462 e. The van der Waals surface area contributed by atoms with Crippen molar-refractivity contribution < 1.29 is 63.1 Å². The van der Waals surface area contributed by atoms with Crippen LogP contribution in [-0.4, -0.2) is 98.3 Å². The molecule has 0 aromatic carbocycles. The van der Waals surface area contributed by atoms with Crippen molar-refractivity contribution in [1.29, 1.82) is 0 Å². The zero-order chi connectivity index (χ0) is 50.6. The molecule has 6 N–H and O–H groups in total. The van der Waals surface area contributed by atoms with Gasteiger partial charge in [0.05, 0.1) is 6.61 Å². The van der Waals surface area contributed by atoms with E-state index in [0.29, 0.717) is 12.8 Å². The Balaban J connectivity index is 2.39. The predicted octanol–water partition coefficient (Wildman–Crippen LogP) is 12.1. The van der Waals surface area contributed by atoms with E-state index in [1.807, 2.05) is 0 Å². The average Bonchev–Trinajstić information content (AvgIpc) is 3.33. The summed E-state index contributed by atoms with van der Waals surface area (Å²) < 4.78 is 33.7. The molecule has 1 rings (SSSR count). The number of esters is 2. The highest BCUT2D eigenvalue weighted by atomic mass is 31.2. The molecule has 13 nitrogen and oxygen atoms in total. The number of carbonyl (C=O) groups is 2. The van der Waals surface area contributed by atoms with Gasteiger partial charge in [-0.3, -0.25) is 18.6 Å². The molecule has 1 fully saturated rings. The monoisotopic (exact) mass is 997 g/mol. The van der Waals surface area contributed by atoms with Crippen LogP contribution in [0.25, 0.3) is 0 Å². The maximum absolute atomic E-state index is 12.9. The Bertz CT molecular complexity index is 1430. The molecule has 1 saturated carbocycles. The minimum atomic E-state index is -5.13. The summed E-state index contributed by atoms with van der Waals surface area (Å²) >= 11 is 0. The predicted molar refractivity (Wildman–Crippen MR) is 276 cm³/mol. The third-order valence-electron chi connectivity index (χ3n) is 12.4. The second-order valence-corrected chi connectivity index (χ2v) is 20.1. The summed E-state index contributed by atoms with van der Waals surface area (Å²) in [5.74, 6) is -1.13. The fraction of sp³-hybridized carbons (Fsp3) is 0.782. The number of aliphatic hydroxyl groups excluding tert-OH is 5. The molecule has 0 saturated heterocycles. The Kier molecular flexibility index (Phi) is 41.4. The van der Waals surface area contributed by atoms with Crippen LogP contribution in [0.3, 0.4) is 0 Å². The van der Waals surface area contributed by atoms with Crippen LogP contribution < -0.4 is 0 Å². The number of ether oxygens (including phenoxy) is 2. The van der Waals surface area contributed by atoms with Crippen molar-refractivity contribution in [3.05, 3.63) is 60.8 Å². The smallest absolute Gasteiger partial charge is 0.462 e. The van der Waals surface area contributed by atoms with Crippen molar-refractivity contribution in [2.45, 2.75) is 262 Å². The molecule has 14 heteroatoms. The maximum Gasteiger partial charge on any atom is 0.472 e. The first-order chi connectivity index (χ1) is 33.4. The van der Waals surface area contributed by atoms with Crippen molar-refractivity contribution in [2.75, 3.05) is 13.2 Å². The molecule has 0 heterocycles. The number of hydrogen-bond acceptors (Lipinski definition) is 12. The van der Waals surface area contributed by atoms with Gasteiger partial charge < -0.3 is 39.9 Å². The molecule has 0 aromatic heterocycles. The number of hydrogen-bond donors (Lipinski definition) is 6. The Hall–Kier alpha value is -2.45. The Morgan fingerprint density at radius 2 is 0.826 bits per heavy atom. The molecular formula is C55H97O13P. The van der Waals surface area contributed by atoms with Crippen molar-refractivity contribution >= 4 is 19.8 Å². The van der Waals surface area contributed by atoms with Gasteiger partial charge in [-0.15, -0.1) is 0 Å². The highest BCUT2D eigenvalue weighted by molar-refractivity contribution is 7.47. The van der Waals surface area contributed by atoms with Crippen LogP contribution >= 0.6 is 7.82 Å². The first-order valence-electron chi connectivity index (χ1n) is 27.1. The van der Waals surface area contributed by atoms with E-state index < -0.39 is 75.7 Å². The summed E-state index contributed by atoms with van der Waals surface area (Å²) in [6, 6.07) is 0. The van der Waals surface area contributed by atoms with E-state index in [9.17, 15) is 44.6 Å². The average molecular weight is 997 g/mol. The van der Waals surface area contributed by atoms with Crippen LogP contribution in [0.15, 0.2) is 60.8 Å². The van der Waals surface area contributed by atoms with Gasteiger partial charge in [-0.2, -0.15) is 0 Å². The Morgan fingerprint density at radius 1 is 0.464 bits per heavy atom. The summed E-state index contributed by atoms with van der Waals surface area (Å²) in [6.45, 7) is 3.19. The molecule has 0 spiro atoms. The lowest BCUT2D eigenvalue weighted by molar-refractivity contribution is -0.220. The molecule has 0 radical (unpaired) electrons. The fourth-order valence-electron chi connectivity index (χ4n) is 8.08. The third-order valence-corrected chi connectivity index (χ3v) is 13.4. The van der Waals surface area contributed by atoms with E-state index in [0.717, 1.165) is 77.0 Å². The zero-order valence-electron chi connectivity index (χ0n) is 42.8.